The van der Waals surface area contributed by atoms with E-state index >= 15 is 0 Å². The van der Waals surface area contributed by atoms with Gasteiger partial charge in [-0.1, -0.05) is 48.5 Å². The van der Waals surface area contributed by atoms with E-state index in [9.17, 15) is 4.57 Å². The Balaban J connectivity index is 0.993. The topological polar surface area (TPSA) is 124 Å². The molecule has 0 saturated heterocycles. The number of hydrogen-bond acceptors (Lipinski definition) is 11. The van der Waals surface area contributed by atoms with Crippen molar-refractivity contribution in [1.82, 2.24) is 19.9 Å². The van der Waals surface area contributed by atoms with Crippen LogP contribution in [0.15, 0.2) is 85.5 Å². The Morgan fingerprint density at radius 3 is 1.27 bits per heavy atom. The lowest BCUT2D eigenvalue weighted by molar-refractivity contribution is 0.229. The van der Waals surface area contributed by atoms with Crippen molar-refractivity contribution < 1.29 is 32.6 Å². The van der Waals surface area contributed by atoms with E-state index in [2.05, 4.69) is 19.9 Å². The maximum absolute atomic E-state index is 12.4. The maximum atomic E-state index is 12.4. The molecule has 6 rings (SSSR count). The highest BCUT2D eigenvalue weighted by Gasteiger charge is 2.20. The van der Waals surface area contributed by atoms with Crippen LogP contribution in [0.5, 0.6) is 23.0 Å². The number of fused-ring (bicyclic) bond motifs is 2. The van der Waals surface area contributed by atoms with Crippen molar-refractivity contribution in [3.8, 4) is 45.5 Å². The third-order valence-corrected chi connectivity index (χ3v) is 8.70. The molecule has 0 aliphatic heterocycles. The first-order chi connectivity index (χ1) is 23.5. The first-order valence-corrected chi connectivity index (χ1v) is 16.3. The van der Waals surface area contributed by atoms with Gasteiger partial charge in [-0.2, -0.15) is 0 Å². The lowest BCUT2D eigenvalue weighted by Gasteiger charge is -2.11. The molecule has 11 nitrogen and oxygen atoms in total. The minimum atomic E-state index is -2.24. The van der Waals surface area contributed by atoms with Gasteiger partial charge in [0, 0.05) is 51.4 Å². The fourth-order valence-electron chi connectivity index (χ4n) is 5.40. The number of rotatable bonds is 14. The minimum absolute atomic E-state index is 0.264. The van der Waals surface area contributed by atoms with Gasteiger partial charge in [-0.25, -0.2) is 19.9 Å². The number of hydrogen-bond donors (Lipinski definition) is 0. The van der Waals surface area contributed by atoms with Gasteiger partial charge in [0.15, 0.2) is 23.0 Å². The quantitative estimate of drug-likeness (QED) is 0.108. The number of benzene rings is 4. The van der Waals surface area contributed by atoms with Gasteiger partial charge in [0.2, 0.25) is 0 Å². The fourth-order valence-corrected chi connectivity index (χ4v) is 5.95. The van der Waals surface area contributed by atoms with Crippen molar-refractivity contribution in [1.29, 1.82) is 0 Å². The van der Waals surface area contributed by atoms with E-state index < -0.39 is 8.25 Å². The largest absolute Gasteiger partial charge is 0.697 e. The highest BCUT2D eigenvalue weighted by molar-refractivity contribution is 7.33. The SMILES string of the molecule is COc1cc2ncnc(-c3ccc(CCO[P+](=O)OCCc4ccc(-c5ncnc6cc(OC)c(OC)cc56)cc4)cc3)c2cc1OC. The summed E-state index contributed by atoms with van der Waals surface area (Å²) < 4.78 is 45.1. The molecule has 0 saturated carbocycles. The molecule has 0 amide bonds. The van der Waals surface area contributed by atoms with E-state index in [1.807, 2.05) is 72.8 Å². The average molecular weight is 666 g/mol. The molecular formula is C36H34N4O7P+. The molecule has 0 spiro atoms. The van der Waals surface area contributed by atoms with E-state index in [1.54, 1.807) is 28.4 Å². The van der Waals surface area contributed by atoms with E-state index in [0.29, 0.717) is 35.8 Å². The molecule has 12 heteroatoms. The predicted molar refractivity (Wildman–Crippen MR) is 183 cm³/mol. The summed E-state index contributed by atoms with van der Waals surface area (Å²) in [5.74, 6) is 2.44. The Bertz CT molecular complexity index is 1910. The summed E-state index contributed by atoms with van der Waals surface area (Å²) in [6.07, 6.45) is 4.24. The van der Waals surface area contributed by atoms with Gasteiger partial charge in [-0.3, -0.25) is 0 Å². The van der Waals surface area contributed by atoms with Gasteiger partial charge in [0.1, 0.15) is 25.9 Å². The summed E-state index contributed by atoms with van der Waals surface area (Å²) in [4.78, 5) is 17.8. The third kappa shape index (κ3) is 7.18. The van der Waals surface area contributed by atoms with Gasteiger partial charge in [0.05, 0.1) is 50.9 Å². The van der Waals surface area contributed by atoms with Crippen LogP contribution >= 0.6 is 8.25 Å². The number of ether oxygens (including phenoxy) is 4. The molecular weight excluding hydrogens is 631 g/mol. The van der Waals surface area contributed by atoms with Gasteiger partial charge in [-0.15, -0.1) is 9.05 Å². The monoisotopic (exact) mass is 665 g/mol. The van der Waals surface area contributed by atoms with Crippen molar-refractivity contribution in [2.45, 2.75) is 12.8 Å². The molecule has 0 N–H and O–H groups in total. The van der Waals surface area contributed by atoms with E-state index in [1.165, 1.54) is 12.7 Å². The normalized spacial score (nSPS) is 11.1. The zero-order valence-corrected chi connectivity index (χ0v) is 27.9. The van der Waals surface area contributed by atoms with Crippen molar-refractivity contribution in [2.75, 3.05) is 41.7 Å². The summed E-state index contributed by atoms with van der Waals surface area (Å²) >= 11 is 0. The fraction of sp³-hybridized carbons (Fsp3) is 0.222. The Hall–Kier alpha value is -5.22. The van der Waals surface area contributed by atoms with Crippen LogP contribution in [0.2, 0.25) is 0 Å². The predicted octanol–water partition coefficient (Wildman–Crippen LogP) is 7.42. The molecule has 0 bridgehead atoms. The Morgan fingerprint density at radius 1 is 0.521 bits per heavy atom. The van der Waals surface area contributed by atoms with Crippen LogP contribution < -0.4 is 18.9 Å². The van der Waals surface area contributed by atoms with Gasteiger partial charge < -0.3 is 18.9 Å². The van der Waals surface area contributed by atoms with Crippen LogP contribution in [0.1, 0.15) is 11.1 Å². The molecule has 0 radical (unpaired) electrons. The third-order valence-electron chi connectivity index (χ3n) is 7.91. The zero-order chi connectivity index (χ0) is 33.5. The smallest absolute Gasteiger partial charge is 0.493 e. The first kappa shape index (κ1) is 32.7. The summed E-state index contributed by atoms with van der Waals surface area (Å²) in [6, 6.07) is 23.4. The second kappa shape index (κ2) is 15.1. The van der Waals surface area contributed by atoms with Crippen molar-refractivity contribution in [3.63, 3.8) is 0 Å². The number of aromatic nitrogens is 4. The Kier molecular flexibility index (Phi) is 10.3. The molecule has 2 aromatic heterocycles. The van der Waals surface area contributed by atoms with Crippen LogP contribution in [0.25, 0.3) is 44.3 Å². The lowest BCUT2D eigenvalue weighted by Crippen LogP contribution is -1.98. The van der Waals surface area contributed by atoms with E-state index in [-0.39, 0.29) is 13.2 Å². The van der Waals surface area contributed by atoms with Crippen molar-refractivity contribution in [3.05, 3.63) is 96.6 Å². The first-order valence-electron chi connectivity index (χ1n) is 15.2. The van der Waals surface area contributed by atoms with E-state index in [4.69, 9.17) is 28.0 Å². The van der Waals surface area contributed by atoms with Crippen LogP contribution in [-0.2, 0) is 26.5 Å². The summed E-state index contributed by atoms with van der Waals surface area (Å²) in [6.45, 7) is 0.528. The average Bonchev–Trinajstić information content (AvgIpc) is 3.13. The highest BCUT2D eigenvalue weighted by Crippen LogP contribution is 2.36. The standard InChI is InChI=1S/C36H34N4O7P/c1-42-31-17-27-29(19-33(31)44-3)37-21-39-35(27)25-9-5-23(6-10-25)13-15-46-48(41)47-16-14-24-7-11-26(12-8-24)36-28-18-32(43-2)34(45-4)20-30(28)38-22-40-36/h5-12,17-22H,13-16H2,1-4H3/q+1. The molecule has 0 atom stereocenters. The molecule has 0 aliphatic carbocycles. The maximum Gasteiger partial charge on any atom is 0.697 e. The van der Waals surface area contributed by atoms with Crippen LogP contribution in [0.4, 0.5) is 0 Å². The van der Waals surface area contributed by atoms with Crippen molar-refractivity contribution in [2.24, 2.45) is 0 Å². The second-order valence-electron chi connectivity index (χ2n) is 10.7. The van der Waals surface area contributed by atoms with Crippen molar-refractivity contribution >= 4 is 30.1 Å². The molecule has 4 aromatic carbocycles. The summed E-state index contributed by atoms with van der Waals surface area (Å²) in [5.41, 5.74) is 7.05. The number of methoxy groups -OCH3 is 4. The molecule has 2 heterocycles. The molecule has 48 heavy (non-hydrogen) atoms. The lowest BCUT2D eigenvalue weighted by atomic mass is 10.0. The zero-order valence-electron chi connectivity index (χ0n) is 27.0. The molecule has 0 fully saturated rings. The molecule has 244 valence electrons. The van der Waals surface area contributed by atoms with Crippen LogP contribution in [0, 0.1) is 0 Å². The number of nitrogens with zero attached hydrogens (tertiary/aromatic N) is 4. The molecule has 0 unspecified atom stereocenters. The van der Waals surface area contributed by atoms with E-state index in [0.717, 1.165) is 55.4 Å². The minimum Gasteiger partial charge on any atom is -0.493 e. The molecule has 6 aromatic rings. The van der Waals surface area contributed by atoms with Gasteiger partial charge in [0.25, 0.3) is 0 Å². The second-order valence-corrected chi connectivity index (χ2v) is 11.6. The Morgan fingerprint density at radius 2 is 0.896 bits per heavy atom. The van der Waals surface area contributed by atoms with Crippen LogP contribution in [0.3, 0.4) is 0 Å². The summed E-state index contributed by atoms with van der Waals surface area (Å²) in [7, 11) is 4.14. The highest BCUT2D eigenvalue weighted by atomic mass is 31.1. The van der Waals surface area contributed by atoms with Crippen LogP contribution in [-0.4, -0.2) is 61.6 Å². The Labute approximate surface area is 278 Å². The van der Waals surface area contributed by atoms with Gasteiger partial charge in [-0.05, 0) is 23.3 Å². The summed E-state index contributed by atoms with van der Waals surface area (Å²) in [5, 5.41) is 1.72. The molecule has 0 aliphatic rings. The van der Waals surface area contributed by atoms with Gasteiger partial charge >= 0.3 is 8.25 Å².